The highest BCUT2D eigenvalue weighted by molar-refractivity contribution is 5.28. The van der Waals surface area contributed by atoms with E-state index in [0.717, 1.165) is 0 Å². The first-order valence-corrected chi connectivity index (χ1v) is 5.04. The van der Waals surface area contributed by atoms with E-state index in [4.69, 9.17) is 5.73 Å². The molecule has 1 rings (SSSR count). The van der Waals surface area contributed by atoms with Crippen LogP contribution >= 0.6 is 0 Å². The van der Waals surface area contributed by atoms with Gasteiger partial charge in [-0.15, -0.1) is 0 Å². The minimum atomic E-state index is -2.15. The molecule has 0 fully saturated rings. The third kappa shape index (κ3) is 2.26. The van der Waals surface area contributed by atoms with E-state index in [0.29, 0.717) is 0 Å². The van der Waals surface area contributed by atoms with Gasteiger partial charge < -0.3 is 5.73 Å². The molecule has 0 aromatic heterocycles. The lowest BCUT2D eigenvalue weighted by molar-refractivity contribution is 0.353. The smallest absolute Gasteiger partial charge is 0.200 e. The predicted molar refractivity (Wildman–Crippen MR) is 52.9 cm³/mol. The third-order valence-corrected chi connectivity index (χ3v) is 2.67. The monoisotopic (exact) mass is 253 g/mol. The molecule has 1 nitrogen and oxygen atoms in total. The van der Waals surface area contributed by atoms with Gasteiger partial charge in [-0.05, 0) is 12.5 Å². The van der Waals surface area contributed by atoms with Crippen LogP contribution in [0.2, 0.25) is 0 Å². The summed E-state index contributed by atoms with van der Waals surface area (Å²) in [4.78, 5) is 0. The van der Waals surface area contributed by atoms with Gasteiger partial charge in [-0.3, -0.25) is 0 Å². The van der Waals surface area contributed by atoms with Crippen molar-refractivity contribution < 1.29 is 22.0 Å². The third-order valence-electron chi connectivity index (χ3n) is 2.67. The summed E-state index contributed by atoms with van der Waals surface area (Å²) in [5.41, 5.74) is 4.48. The molecule has 0 saturated heterocycles. The zero-order chi connectivity index (χ0) is 13.3. The highest BCUT2D eigenvalue weighted by atomic mass is 19.2. The van der Waals surface area contributed by atoms with E-state index in [1.165, 1.54) is 0 Å². The van der Waals surface area contributed by atoms with Crippen LogP contribution in [0.25, 0.3) is 0 Å². The topological polar surface area (TPSA) is 26.0 Å². The van der Waals surface area contributed by atoms with Crippen molar-refractivity contribution in [2.24, 2.45) is 11.7 Å². The number of rotatable bonds is 3. The molecule has 6 heteroatoms. The number of benzene rings is 1. The highest BCUT2D eigenvalue weighted by Gasteiger charge is 2.30. The molecule has 1 unspecified atom stereocenters. The molecule has 0 aliphatic carbocycles. The molecule has 0 aliphatic heterocycles. The van der Waals surface area contributed by atoms with Crippen molar-refractivity contribution in [2.75, 3.05) is 6.54 Å². The van der Waals surface area contributed by atoms with E-state index < -0.39 is 40.6 Å². The van der Waals surface area contributed by atoms with Crippen LogP contribution in [0.3, 0.4) is 0 Å². The van der Waals surface area contributed by atoms with E-state index in [9.17, 15) is 22.0 Å². The fourth-order valence-corrected chi connectivity index (χ4v) is 1.67. The average molecular weight is 253 g/mol. The first-order chi connectivity index (χ1) is 7.82. The van der Waals surface area contributed by atoms with Gasteiger partial charge in [0.2, 0.25) is 5.82 Å². The average Bonchev–Trinajstić information content (AvgIpc) is 2.29. The van der Waals surface area contributed by atoms with E-state index in [1.807, 2.05) is 0 Å². The minimum Gasteiger partial charge on any atom is -0.330 e. The Labute approximate surface area is 95.4 Å². The predicted octanol–water partition coefficient (Wildman–Crippen LogP) is 3.08. The largest absolute Gasteiger partial charge is 0.330 e. The zero-order valence-electron chi connectivity index (χ0n) is 9.33. The molecule has 0 radical (unpaired) electrons. The Kier molecular flexibility index (Phi) is 4.08. The van der Waals surface area contributed by atoms with Crippen LogP contribution in [0.4, 0.5) is 22.0 Å². The fourth-order valence-electron chi connectivity index (χ4n) is 1.67. The number of nitrogens with two attached hydrogens (primary N) is 1. The second kappa shape index (κ2) is 5.00. The molecule has 96 valence electrons. The van der Waals surface area contributed by atoms with Gasteiger partial charge in [-0.2, -0.15) is 0 Å². The maximum absolute atomic E-state index is 13.4. The van der Waals surface area contributed by atoms with Crippen molar-refractivity contribution in [1.29, 1.82) is 0 Å². The molecule has 1 aromatic rings. The van der Waals surface area contributed by atoms with Crippen LogP contribution in [0.5, 0.6) is 0 Å². The summed E-state index contributed by atoms with van der Waals surface area (Å²) < 4.78 is 65.6. The van der Waals surface area contributed by atoms with Crippen molar-refractivity contribution >= 4 is 0 Å². The van der Waals surface area contributed by atoms with Gasteiger partial charge in [0, 0.05) is 11.5 Å². The van der Waals surface area contributed by atoms with E-state index >= 15 is 0 Å². The Balaban J connectivity index is 3.53. The molecule has 17 heavy (non-hydrogen) atoms. The van der Waals surface area contributed by atoms with Crippen molar-refractivity contribution in [3.63, 3.8) is 0 Å². The Morgan fingerprint density at radius 3 is 1.47 bits per heavy atom. The second-order valence-electron chi connectivity index (χ2n) is 4.07. The van der Waals surface area contributed by atoms with Crippen LogP contribution in [0, 0.1) is 35.0 Å². The van der Waals surface area contributed by atoms with E-state index in [1.54, 1.807) is 13.8 Å². The molecule has 0 heterocycles. The van der Waals surface area contributed by atoms with Gasteiger partial charge in [0.15, 0.2) is 23.3 Å². The molecule has 0 saturated carbocycles. The molecular formula is C11H12F5N. The normalized spacial score (nSPS) is 13.2. The molecular weight excluding hydrogens is 241 g/mol. The number of halogens is 5. The van der Waals surface area contributed by atoms with Gasteiger partial charge in [0.25, 0.3) is 0 Å². The lowest BCUT2D eigenvalue weighted by atomic mass is 9.87. The maximum Gasteiger partial charge on any atom is 0.200 e. The Hall–Kier alpha value is -1.17. The Bertz CT molecular complexity index is 401. The molecule has 0 aliphatic rings. The van der Waals surface area contributed by atoms with Gasteiger partial charge in [0.1, 0.15) is 0 Å². The SMILES string of the molecule is CC(C)C(CN)c1c(F)c(F)c(F)c(F)c1F. The van der Waals surface area contributed by atoms with Crippen LogP contribution in [-0.4, -0.2) is 6.54 Å². The molecule has 0 amide bonds. The maximum atomic E-state index is 13.4. The van der Waals surface area contributed by atoms with Crippen LogP contribution in [0.1, 0.15) is 25.3 Å². The summed E-state index contributed by atoms with van der Waals surface area (Å²) in [5.74, 6) is -10.9. The highest BCUT2D eigenvalue weighted by Crippen LogP contribution is 2.32. The van der Waals surface area contributed by atoms with Gasteiger partial charge in [0.05, 0.1) is 0 Å². The van der Waals surface area contributed by atoms with Gasteiger partial charge in [-0.1, -0.05) is 13.8 Å². The van der Waals surface area contributed by atoms with Crippen LogP contribution < -0.4 is 5.73 Å². The van der Waals surface area contributed by atoms with Crippen LogP contribution in [-0.2, 0) is 0 Å². The summed E-state index contributed by atoms with van der Waals surface area (Å²) in [6.45, 7) is 2.99. The Morgan fingerprint density at radius 1 is 0.824 bits per heavy atom. The van der Waals surface area contributed by atoms with Crippen molar-refractivity contribution in [2.45, 2.75) is 19.8 Å². The summed E-state index contributed by atoms with van der Waals surface area (Å²) in [7, 11) is 0. The van der Waals surface area contributed by atoms with Crippen LogP contribution in [0.15, 0.2) is 0 Å². The Morgan fingerprint density at radius 2 is 1.18 bits per heavy atom. The summed E-state index contributed by atoms with van der Waals surface area (Å²) in [6, 6.07) is 0. The summed E-state index contributed by atoms with van der Waals surface area (Å²) >= 11 is 0. The molecule has 0 spiro atoms. The number of hydrogen-bond acceptors (Lipinski definition) is 1. The van der Waals surface area contributed by atoms with Crippen molar-refractivity contribution in [3.8, 4) is 0 Å². The molecule has 1 atom stereocenters. The molecule has 2 N–H and O–H groups in total. The molecule has 1 aromatic carbocycles. The van der Waals surface area contributed by atoms with Gasteiger partial charge in [-0.25, -0.2) is 22.0 Å². The fraction of sp³-hybridized carbons (Fsp3) is 0.455. The lowest BCUT2D eigenvalue weighted by Gasteiger charge is -2.21. The lowest BCUT2D eigenvalue weighted by Crippen LogP contribution is -2.22. The standard InChI is InChI=1S/C11H12F5N/c1-4(2)5(3-17)6-7(12)9(14)11(16)10(15)8(6)13/h4-5H,3,17H2,1-2H3. The zero-order valence-corrected chi connectivity index (χ0v) is 9.33. The summed E-state index contributed by atoms with van der Waals surface area (Å²) in [5, 5.41) is 0. The minimum absolute atomic E-state index is 0.198. The van der Waals surface area contributed by atoms with E-state index in [2.05, 4.69) is 0 Å². The van der Waals surface area contributed by atoms with E-state index in [-0.39, 0.29) is 12.5 Å². The first kappa shape index (κ1) is 13.9. The second-order valence-corrected chi connectivity index (χ2v) is 4.07. The van der Waals surface area contributed by atoms with Crippen molar-refractivity contribution in [1.82, 2.24) is 0 Å². The molecule has 0 bridgehead atoms. The quantitative estimate of drug-likeness (QED) is 0.500. The first-order valence-electron chi connectivity index (χ1n) is 5.04. The van der Waals surface area contributed by atoms with Crippen molar-refractivity contribution in [3.05, 3.63) is 34.6 Å². The van der Waals surface area contributed by atoms with Gasteiger partial charge >= 0.3 is 0 Å². The summed E-state index contributed by atoms with van der Waals surface area (Å²) in [6.07, 6.45) is 0. The number of hydrogen-bond donors (Lipinski definition) is 1.